The lowest BCUT2D eigenvalue weighted by atomic mass is 9.81. The first-order valence-electron chi connectivity index (χ1n) is 19.9. The summed E-state index contributed by atoms with van der Waals surface area (Å²) in [5.41, 5.74) is 7.44. The summed E-state index contributed by atoms with van der Waals surface area (Å²) in [5, 5.41) is 5.87. The van der Waals surface area contributed by atoms with E-state index in [4.69, 9.17) is 19.3 Å². The summed E-state index contributed by atoms with van der Waals surface area (Å²) in [6.07, 6.45) is 9.39. The number of benzene rings is 2. The Balaban J connectivity index is 1.45. The van der Waals surface area contributed by atoms with Crippen LogP contribution in [0.2, 0.25) is 0 Å². The SMILES string of the molecule is COCC1COCC(C)N1C(=O)c1cnn(C(C)C)c1C1=Cc2cc(OC)ccc2-c2c(C3CCCCC3)c3ccc(C(=O)NS(=O)(=O)CC(C)C)cc3n2C1. The summed E-state index contributed by atoms with van der Waals surface area (Å²) in [7, 11) is -0.547. The molecule has 3 aliphatic rings. The van der Waals surface area contributed by atoms with Gasteiger partial charge in [-0.3, -0.25) is 14.3 Å². The molecular formula is C43H55N5O7S. The Labute approximate surface area is 330 Å². The van der Waals surface area contributed by atoms with E-state index in [1.54, 1.807) is 40.3 Å². The van der Waals surface area contributed by atoms with E-state index < -0.39 is 15.9 Å². The molecule has 1 saturated carbocycles. The largest absolute Gasteiger partial charge is 0.497 e. The highest BCUT2D eigenvalue weighted by Gasteiger charge is 2.37. The fraction of sp³-hybridized carbons (Fsp3) is 0.512. The van der Waals surface area contributed by atoms with Gasteiger partial charge >= 0.3 is 0 Å². The van der Waals surface area contributed by atoms with Crippen LogP contribution in [0, 0.1) is 5.92 Å². The van der Waals surface area contributed by atoms with Gasteiger partial charge in [0.25, 0.3) is 11.8 Å². The summed E-state index contributed by atoms with van der Waals surface area (Å²) in [6.45, 7) is 11.2. The second-order valence-corrected chi connectivity index (χ2v) is 18.1. The number of hydrogen-bond donors (Lipinski definition) is 1. The fourth-order valence-corrected chi connectivity index (χ4v) is 10.3. The number of nitrogens with one attached hydrogen (secondary N) is 1. The quantitative estimate of drug-likeness (QED) is 0.168. The molecule has 2 amide bonds. The van der Waals surface area contributed by atoms with Gasteiger partial charge in [0, 0.05) is 35.2 Å². The van der Waals surface area contributed by atoms with Crippen LogP contribution in [0.4, 0.5) is 0 Å². The third-order valence-electron chi connectivity index (χ3n) is 11.3. The first-order chi connectivity index (χ1) is 26.8. The number of ether oxygens (including phenoxy) is 3. The van der Waals surface area contributed by atoms with Crippen LogP contribution in [0.25, 0.3) is 33.8 Å². The van der Waals surface area contributed by atoms with Gasteiger partial charge in [0.15, 0.2) is 0 Å². The van der Waals surface area contributed by atoms with Crippen molar-refractivity contribution in [1.29, 1.82) is 0 Å². The first kappa shape index (κ1) is 39.8. The molecule has 1 saturated heterocycles. The monoisotopic (exact) mass is 785 g/mol. The number of hydrogen-bond acceptors (Lipinski definition) is 8. The number of carbonyl (C=O) groups excluding carboxylic acids is 2. The molecule has 7 rings (SSSR count). The number of amides is 2. The molecule has 13 heteroatoms. The summed E-state index contributed by atoms with van der Waals surface area (Å²) in [6, 6.07) is 11.2. The number of methoxy groups -OCH3 is 2. The zero-order valence-corrected chi connectivity index (χ0v) is 34.4. The minimum atomic E-state index is -3.84. The van der Waals surface area contributed by atoms with Crippen molar-refractivity contribution in [1.82, 2.24) is 24.0 Å². The number of sulfonamides is 1. The van der Waals surface area contributed by atoms with Gasteiger partial charge in [0.2, 0.25) is 10.0 Å². The van der Waals surface area contributed by atoms with Crippen LogP contribution in [0.1, 0.15) is 116 Å². The molecule has 2 atom stereocenters. The molecule has 0 radical (unpaired) electrons. The molecule has 300 valence electrons. The van der Waals surface area contributed by atoms with Crippen molar-refractivity contribution >= 4 is 44.4 Å². The maximum absolute atomic E-state index is 14.8. The lowest BCUT2D eigenvalue weighted by molar-refractivity contribution is -0.0508. The highest BCUT2D eigenvalue weighted by Crippen LogP contribution is 2.48. The number of rotatable bonds is 11. The normalized spacial score (nSPS) is 19.2. The van der Waals surface area contributed by atoms with Crippen molar-refractivity contribution < 1.29 is 32.2 Å². The Morgan fingerprint density at radius 1 is 1.00 bits per heavy atom. The van der Waals surface area contributed by atoms with E-state index in [1.807, 2.05) is 40.8 Å². The molecule has 1 N–H and O–H groups in total. The Morgan fingerprint density at radius 3 is 2.46 bits per heavy atom. The number of aromatic nitrogens is 3. The van der Waals surface area contributed by atoms with Crippen molar-refractivity contribution in [3.8, 4) is 17.0 Å². The van der Waals surface area contributed by atoms with Crippen molar-refractivity contribution in [3.63, 3.8) is 0 Å². The topological polar surface area (TPSA) is 134 Å². The summed E-state index contributed by atoms with van der Waals surface area (Å²) >= 11 is 0. The lowest BCUT2D eigenvalue weighted by Crippen LogP contribution is -2.55. The second-order valence-electron chi connectivity index (χ2n) is 16.3. The maximum atomic E-state index is 14.8. The van der Waals surface area contributed by atoms with Gasteiger partial charge in [-0.1, -0.05) is 39.2 Å². The Hall–Kier alpha value is -4.46. The van der Waals surface area contributed by atoms with E-state index in [-0.39, 0.29) is 41.3 Å². The number of morpholine rings is 1. The van der Waals surface area contributed by atoms with Crippen LogP contribution in [0.3, 0.4) is 0 Å². The molecule has 0 spiro atoms. The second kappa shape index (κ2) is 16.2. The lowest BCUT2D eigenvalue weighted by Gasteiger charge is -2.40. The Bertz CT molecular complexity index is 2260. The van der Waals surface area contributed by atoms with Gasteiger partial charge in [0.05, 0.1) is 74.5 Å². The molecule has 1 aliphatic carbocycles. The van der Waals surface area contributed by atoms with Crippen molar-refractivity contribution in [3.05, 3.63) is 70.5 Å². The molecule has 56 heavy (non-hydrogen) atoms. The number of fused-ring (bicyclic) bond motifs is 5. The van der Waals surface area contributed by atoms with E-state index in [1.165, 1.54) is 12.0 Å². The minimum Gasteiger partial charge on any atom is -0.497 e. The summed E-state index contributed by atoms with van der Waals surface area (Å²) in [5.74, 6) is -0.0797. The molecule has 2 aromatic carbocycles. The molecule has 2 aromatic heterocycles. The summed E-state index contributed by atoms with van der Waals surface area (Å²) < 4.78 is 49.4. The number of nitrogens with zero attached hydrogens (tertiary/aromatic N) is 4. The first-order valence-corrected chi connectivity index (χ1v) is 21.5. The van der Waals surface area contributed by atoms with Crippen molar-refractivity contribution in [2.75, 3.05) is 39.8 Å². The minimum absolute atomic E-state index is 0.0702. The van der Waals surface area contributed by atoms with Crippen LogP contribution in [0.5, 0.6) is 5.75 Å². The van der Waals surface area contributed by atoms with Gasteiger partial charge in [-0.25, -0.2) is 13.1 Å². The highest BCUT2D eigenvalue weighted by atomic mass is 32.2. The van der Waals surface area contributed by atoms with Gasteiger partial charge in [-0.15, -0.1) is 0 Å². The van der Waals surface area contributed by atoms with Crippen LogP contribution in [-0.2, 0) is 26.0 Å². The predicted octanol–water partition coefficient (Wildman–Crippen LogP) is 7.29. The van der Waals surface area contributed by atoms with E-state index in [0.717, 1.165) is 64.7 Å². The fourth-order valence-electron chi connectivity index (χ4n) is 8.96. The molecular weight excluding hydrogens is 731 g/mol. The molecule has 4 heterocycles. The van der Waals surface area contributed by atoms with E-state index >= 15 is 0 Å². The van der Waals surface area contributed by atoms with Crippen LogP contribution >= 0.6 is 0 Å². The zero-order chi connectivity index (χ0) is 39.9. The van der Waals surface area contributed by atoms with Crippen molar-refractivity contribution in [2.24, 2.45) is 5.92 Å². The predicted molar refractivity (Wildman–Crippen MR) is 218 cm³/mol. The highest BCUT2D eigenvalue weighted by molar-refractivity contribution is 7.90. The molecule has 12 nitrogen and oxygen atoms in total. The number of carbonyl (C=O) groups is 2. The van der Waals surface area contributed by atoms with Crippen molar-refractivity contribution in [2.45, 2.75) is 97.3 Å². The van der Waals surface area contributed by atoms with Crippen LogP contribution < -0.4 is 9.46 Å². The van der Waals surface area contributed by atoms with Gasteiger partial charge in [0.1, 0.15) is 5.75 Å². The Kier molecular flexibility index (Phi) is 11.5. The smallest absolute Gasteiger partial charge is 0.264 e. The van der Waals surface area contributed by atoms with Gasteiger partial charge in [-0.05, 0) is 98.6 Å². The molecule has 4 aromatic rings. The molecule has 2 fully saturated rings. The van der Waals surface area contributed by atoms with E-state index in [0.29, 0.717) is 43.6 Å². The molecule has 0 bridgehead atoms. The van der Waals surface area contributed by atoms with Crippen LogP contribution in [-0.4, -0.2) is 91.4 Å². The van der Waals surface area contributed by atoms with E-state index in [9.17, 15) is 18.0 Å². The zero-order valence-electron chi connectivity index (χ0n) is 33.6. The number of allylic oxidation sites excluding steroid dienone is 1. The molecule has 2 aliphatic heterocycles. The molecule has 2 unspecified atom stereocenters. The van der Waals surface area contributed by atoms with Gasteiger partial charge in [-0.2, -0.15) is 5.10 Å². The third-order valence-corrected chi connectivity index (χ3v) is 12.9. The van der Waals surface area contributed by atoms with Gasteiger partial charge < -0.3 is 23.7 Å². The average Bonchev–Trinajstić information content (AvgIpc) is 3.69. The maximum Gasteiger partial charge on any atom is 0.264 e. The third kappa shape index (κ3) is 7.65. The Morgan fingerprint density at radius 2 is 1.77 bits per heavy atom. The standard InChI is InChI=1S/C43H55N5O7S/c1-26(2)25-56(51,52)45-42(49)30-13-15-36-38(19-30)46-21-32(17-31-18-34(54-7)14-16-35(31)41(46)39(36)29-11-9-8-10-12-29)40-37(20-44-48(40)27(3)4)43(50)47-28(5)22-55-24-33(47)23-53-6/h13-20,26-29,33H,8-12,21-25H2,1-7H3,(H,45,49). The van der Waals surface area contributed by atoms with E-state index in [2.05, 4.69) is 35.3 Å². The van der Waals surface area contributed by atoms with Crippen LogP contribution in [0.15, 0.2) is 42.6 Å². The summed E-state index contributed by atoms with van der Waals surface area (Å²) in [4.78, 5) is 30.3. The average molecular weight is 786 g/mol.